The monoisotopic (exact) mass is 466 g/mol. The van der Waals surface area contributed by atoms with Crippen molar-refractivity contribution in [2.75, 3.05) is 0 Å². The van der Waals surface area contributed by atoms with E-state index in [2.05, 4.69) is 73.6 Å². The predicted octanol–water partition coefficient (Wildman–Crippen LogP) is 8.83. The zero-order valence-electron chi connectivity index (χ0n) is 23.5. The van der Waals surface area contributed by atoms with Crippen molar-refractivity contribution >= 4 is 5.97 Å². The van der Waals surface area contributed by atoms with E-state index in [-0.39, 0.29) is 28.3 Å². The molecule has 0 aliphatic heterocycles. The van der Waals surface area contributed by atoms with E-state index < -0.39 is 0 Å². The molecule has 34 heavy (non-hydrogen) atoms. The van der Waals surface area contributed by atoms with Crippen molar-refractivity contribution in [3.8, 4) is 0 Å². The third kappa shape index (κ3) is 3.77. The molecule has 0 amide bonds. The van der Waals surface area contributed by atoms with Gasteiger partial charge in [0.1, 0.15) is 6.10 Å². The number of hydrogen-bond donors (Lipinski definition) is 0. The van der Waals surface area contributed by atoms with Gasteiger partial charge in [-0.25, -0.2) is 0 Å². The van der Waals surface area contributed by atoms with Gasteiger partial charge in [-0.05, 0) is 110 Å². The minimum atomic E-state index is -0.135. The second kappa shape index (κ2) is 8.67. The summed E-state index contributed by atoms with van der Waals surface area (Å²) in [5.41, 5.74) is 5.57. The first-order chi connectivity index (χ1) is 15.8. The summed E-state index contributed by atoms with van der Waals surface area (Å²) < 4.78 is 5.85. The first kappa shape index (κ1) is 25.8. The standard InChI is InChI=1S/C32H50O2/c1-21(2)11-10-12-22(3)24-15-19-32(9)26-13-14-27-29(5,6)28(34-23(4)33)17-18-30(27,7)25(26)16-20-31(24,32)8/h11,13,16,22,24,27-28H,10,12,14-15,17-20H2,1-9H3/t22-,24-,27+,28+,30-,31-,32+/m1/s1. The lowest BCUT2D eigenvalue weighted by atomic mass is 9.44. The van der Waals surface area contributed by atoms with Gasteiger partial charge in [0.05, 0.1) is 0 Å². The Labute approximate surface area is 209 Å². The number of allylic oxidation sites excluding steroid dienone is 6. The number of rotatable bonds is 5. The molecular weight excluding hydrogens is 416 g/mol. The van der Waals surface area contributed by atoms with Gasteiger partial charge in [-0.3, -0.25) is 4.79 Å². The third-order valence-corrected chi connectivity index (χ3v) is 11.4. The van der Waals surface area contributed by atoms with Crippen LogP contribution < -0.4 is 0 Å². The van der Waals surface area contributed by atoms with Gasteiger partial charge in [-0.1, -0.05) is 65.3 Å². The fraction of sp³-hybridized carbons (Fsp3) is 0.781. The molecule has 0 radical (unpaired) electrons. The minimum absolute atomic E-state index is 0.0130. The number of hydrogen-bond acceptors (Lipinski definition) is 2. The molecule has 0 aromatic rings. The van der Waals surface area contributed by atoms with Crippen LogP contribution in [-0.4, -0.2) is 12.1 Å². The summed E-state index contributed by atoms with van der Waals surface area (Å²) in [7, 11) is 0. The average molecular weight is 467 g/mol. The quantitative estimate of drug-likeness (QED) is 0.299. The molecule has 2 heteroatoms. The third-order valence-electron chi connectivity index (χ3n) is 11.4. The summed E-state index contributed by atoms with van der Waals surface area (Å²) in [6, 6.07) is 0. The zero-order chi connectivity index (χ0) is 25.1. The molecule has 2 fully saturated rings. The van der Waals surface area contributed by atoms with E-state index >= 15 is 0 Å². The van der Waals surface area contributed by atoms with Crippen molar-refractivity contribution in [1.82, 2.24) is 0 Å². The molecule has 0 saturated heterocycles. The molecule has 0 N–H and O–H groups in total. The van der Waals surface area contributed by atoms with Gasteiger partial charge in [0.15, 0.2) is 0 Å². The summed E-state index contributed by atoms with van der Waals surface area (Å²) in [5, 5.41) is 0. The fourth-order valence-electron chi connectivity index (χ4n) is 9.18. The largest absolute Gasteiger partial charge is 0.462 e. The Morgan fingerprint density at radius 3 is 2.41 bits per heavy atom. The van der Waals surface area contributed by atoms with Crippen molar-refractivity contribution < 1.29 is 9.53 Å². The maximum Gasteiger partial charge on any atom is 0.302 e. The Morgan fingerprint density at radius 1 is 1.06 bits per heavy atom. The van der Waals surface area contributed by atoms with Crippen LogP contribution in [0.15, 0.2) is 34.9 Å². The lowest BCUT2D eigenvalue weighted by Crippen LogP contribution is -2.55. The highest BCUT2D eigenvalue weighted by molar-refractivity contribution is 5.66. The van der Waals surface area contributed by atoms with E-state index in [9.17, 15) is 4.79 Å². The first-order valence-corrected chi connectivity index (χ1v) is 14.0. The summed E-state index contributed by atoms with van der Waals surface area (Å²) in [4.78, 5) is 11.8. The van der Waals surface area contributed by atoms with Crippen LogP contribution in [-0.2, 0) is 9.53 Å². The summed E-state index contributed by atoms with van der Waals surface area (Å²) >= 11 is 0. The number of esters is 1. The van der Waals surface area contributed by atoms with Crippen LogP contribution >= 0.6 is 0 Å². The van der Waals surface area contributed by atoms with Crippen LogP contribution in [0.4, 0.5) is 0 Å². The van der Waals surface area contributed by atoms with Crippen molar-refractivity contribution in [3.05, 3.63) is 34.9 Å². The molecule has 0 spiro atoms. The van der Waals surface area contributed by atoms with Crippen molar-refractivity contribution in [3.63, 3.8) is 0 Å². The van der Waals surface area contributed by atoms with Gasteiger partial charge in [0.25, 0.3) is 0 Å². The molecule has 190 valence electrons. The molecule has 4 aliphatic rings. The average Bonchev–Trinajstić information content (AvgIpc) is 3.01. The summed E-state index contributed by atoms with van der Waals surface area (Å²) in [6.45, 7) is 21.0. The van der Waals surface area contributed by atoms with E-state index in [4.69, 9.17) is 4.74 Å². The van der Waals surface area contributed by atoms with Crippen molar-refractivity contribution in [2.24, 2.45) is 39.4 Å². The van der Waals surface area contributed by atoms with E-state index in [1.807, 2.05) is 0 Å². The first-order valence-electron chi connectivity index (χ1n) is 14.0. The SMILES string of the molecule is CC(=O)O[C@H]1CC[C@]2(C)C3=CC[C@]4(C)[C@@H]([C@H](C)CCC=C(C)C)CC[C@@]4(C)C3=CC[C@H]2C1(C)C. The van der Waals surface area contributed by atoms with Crippen LogP contribution in [0.1, 0.15) is 114 Å². The van der Waals surface area contributed by atoms with Crippen LogP contribution in [0.2, 0.25) is 0 Å². The van der Waals surface area contributed by atoms with Crippen molar-refractivity contribution in [1.29, 1.82) is 0 Å². The second-order valence-electron chi connectivity index (χ2n) is 13.8. The van der Waals surface area contributed by atoms with Crippen LogP contribution in [0.25, 0.3) is 0 Å². The highest BCUT2D eigenvalue weighted by Gasteiger charge is 2.63. The summed E-state index contributed by atoms with van der Waals surface area (Å²) in [5.74, 6) is 1.94. The Hall–Kier alpha value is -1.31. The van der Waals surface area contributed by atoms with Crippen LogP contribution in [0, 0.1) is 39.4 Å². The lowest BCUT2D eigenvalue weighted by molar-refractivity contribution is -0.165. The minimum Gasteiger partial charge on any atom is -0.462 e. The van der Waals surface area contributed by atoms with Gasteiger partial charge >= 0.3 is 5.97 Å². The van der Waals surface area contributed by atoms with Crippen LogP contribution in [0.3, 0.4) is 0 Å². The maximum absolute atomic E-state index is 11.8. The smallest absolute Gasteiger partial charge is 0.302 e. The number of fused-ring (bicyclic) bond motifs is 5. The van der Waals surface area contributed by atoms with Gasteiger partial charge in [0.2, 0.25) is 0 Å². The van der Waals surface area contributed by atoms with E-state index in [1.54, 1.807) is 18.1 Å². The predicted molar refractivity (Wildman–Crippen MR) is 142 cm³/mol. The molecule has 2 saturated carbocycles. The fourth-order valence-corrected chi connectivity index (χ4v) is 9.18. The van der Waals surface area contributed by atoms with E-state index in [1.165, 1.54) is 37.7 Å². The Bertz CT molecular complexity index is 915. The maximum atomic E-state index is 11.8. The van der Waals surface area contributed by atoms with E-state index in [0.717, 1.165) is 31.1 Å². The topological polar surface area (TPSA) is 26.3 Å². The van der Waals surface area contributed by atoms with Gasteiger partial charge in [-0.2, -0.15) is 0 Å². The normalized spacial score (nSPS) is 41.3. The highest BCUT2D eigenvalue weighted by atomic mass is 16.5. The number of ether oxygens (including phenoxy) is 1. The number of carbonyl (C=O) groups is 1. The molecule has 0 heterocycles. The molecule has 2 nitrogen and oxygen atoms in total. The lowest BCUT2D eigenvalue weighted by Gasteiger charge is -2.61. The highest BCUT2D eigenvalue weighted by Crippen LogP contribution is 2.71. The molecule has 4 rings (SSSR count). The van der Waals surface area contributed by atoms with E-state index in [0.29, 0.717) is 11.3 Å². The Morgan fingerprint density at radius 2 is 1.76 bits per heavy atom. The summed E-state index contributed by atoms with van der Waals surface area (Å²) in [6.07, 6.45) is 17.4. The zero-order valence-corrected chi connectivity index (χ0v) is 23.5. The molecule has 7 atom stereocenters. The Kier molecular flexibility index (Phi) is 6.57. The van der Waals surface area contributed by atoms with Crippen molar-refractivity contribution in [2.45, 2.75) is 120 Å². The van der Waals surface area contributed by atoms with Gasteiger partial charge < -0.3 is 4.74 Å². The Balaban J connectivity index is 1.64. The van der Waals surface area contributed by atoms with Crippen LogP contribution in [0.5, 0.6) is 0 Å². The molecular formula is C32H50O2. The number of carbonyl (C=O) groups excluding carboxylic acids is 1. The van der Waals surface area contributed by atoms with Gasteiger partial charge in [0, 0.05) is 12.3 Å². The second-order valence-corrected chi connectivity index (χ2v) is 13.8. The molecule has 0 unspecified atom stereocenters. The molecule has 0 bridgehead atoms. The molecule has 0 aromatic carbocycles. The molecule has 0 aromatic heterocycles. The molecule has 4 aliphatic carbocycles. The van der Waals surface area contributed by atoms with Gasteiger partial charge in [-0.15, -0.1) is 0 Å².